The van der Waals surface area contributed by atoms with Gasteiger partial charge in [-0.25, -0.2) is 0 Å². The van der Waals surface area contributed by atoms with E-state index in [4.69, 9.17) is 4.52 Å². The normalized spacial score (nSPS) is 23.6. The van der Waals surface area contributed by atoms with Crippen LogP contribution >= 0.6 is 0 Å². The molecule has 2 unspecified atom stereocenters. The van der Waals surface area contributed by atoms with Crippen molar-refractivity contribution < 1.29 is 4.52 Å². The van der Waals surface area contributed by atoms with Crippen LogP contribution in [0.4, 0.5) is 5.95 Å². The highest BCUT2D eigenvalue weighted by Crippen LogP contribution is 2.31. The van der Waals surface area contributed by atoms with Gasteiger partial charge in [0.15, 0.2) is 0 Å². The predicted molar refractivity (Wildman–Crippen MR) is 81.1 cm³/mol. The van der Waals surface area contributed by atoms with Crippen LogP contribution in [0.25, 0.3) is 0 Å². The maximum absolute atomic E-state index is 5.58. The third-order valence-corrected chi connectivity index (χ3v) is 4.28. The van der Waals surface area contributed by atoms with E-state index in [1.165, 1.54) is 25.7 Å². The molecule has 1 heterocycles. The molecule has 0 spiro atoms. The highest BCUT2D eigenvalue weighted by Gasteiger charge is 2.29. The second-order valence-electron chi connectivity index (χ2n) is 5.51. The lowest BCUT2D eigenvalue weighted by Gasteiger charge is -2.22. The fourth-order valence-electron chi connectivity index (χ4n) is 3.12. The van der Waals surface area contributed by atoms with Gasteiger partial charge in [-0.2, -0.15) is 4.98 Å². The maximum Gasteiger partial charge on any atom is 0.266 e. The third-order valence-electron chi connectivity index (χ3n) is 4.28. The summed E-state index contributed by atoms with van der Waals surface area (Å²) < 4.78 is 5.58. The number of nitrogens with one attached hydrogen (secondary N) is 1. The molecule has 1 aromatic heterocycles. The standard InChI is InChI=1S/C15H28N4O/c1-4-16-13-11-9-7-8-10-12(13)14-17-15(18-20-14)19(5-2)6-3/h12-13,16H,4-11H2,1-3H3. The van der Waals surface area contributed by atoms with E-state index >= 15 is 0 Å². The maximum atomic E-state index is 5.58. The van der Waals surface area contributed by atoms with Gasteiger partial charge in [0.2, 0.25) is 5.89 Å². The lowest BCUT2D eigenvalue weighted by atomic mass is 9.94. The number of likely N-dealkylation sites (N-methyl/N-ethyl adjacent to an activating group) is 1. The number of rotatable bonds is 6. The van der Waals surface area contributed by atoms with Crippen molar-refractivity contribution in [3.63, 3.8) is 0 Å². The Hall–Kier alpha value is -1.10. The van der Waals surface area contributed by atoms with E-state index in [9.17, 15) is 0 Å². The second kappa shape index (κ2) is 7.62. The molecular weight excluding hydrogens is 252 g/mol. The van der Waals surface area contributed by atoms with Crippen LogP contribution in [0.1, 0.15) is 64.7 Å². The fourth-order valence-corrected chi connectivity index (χ4v) is 3.12. The van der Waals surface area contributed by atoms with Crippen LogP contribution in [0, 0.1) is 0 Å². The summed E-state index contributed by atoms with van der Waals surface area (Å²) in [5, 5.41) is 7.77. The quantitative estimate of drug-likeness (QED) is 0.812. The first-order valence-electron chi connectivity index (χ1n) is 8.12. The minimum absolute atomic E-state index is 0.370. The molecule has 1 aliphatic rings. The van der Waals surface area contributed by atoms with Gasteiger partial charge in [-0.3, -0.25) is 0 Å². The van der Waals surface area contributed by atoms with E-state index in [-0.39, 0.29) is 0 Å². The van der Waals surface area contributed by atoms with Crippen LogP contribution in [-0.4, -0.2) is 35.8 Å². The molecule has 0 aromatic carbocycles. The van der Waals surface area contributed by atoms with Gasteiger partial charge < -0.3 is 14.7 Å². The Kier molecular flexibility index (Phi) is 5.83. The molecule has 5 nitrogen and oxygen atoms in total. The van der Waals surface area contributed by atoms with Gasteiger partial charge in [0.1, 0.15) is 0 Å². The van der Waals surface area contributed by atoms with E-state index in [1.807, 2.05) is 0 Å². The van der Waals surface area contributed by atoms with E-state index in [0.29, 0.717) is 12.0 Å². The van der Waals surface area contributed by atoms with Crippen LogP contribution in [0.15, 0.2) is 4.52 Å². The zero-order chi connectivity index (χ0) is 14.4. The zero-order valence-electron chi connectivity index (χ0n) is 13.1. The highest BCUT2D eigenvalue weighted by atomic mass is 16.5. The van der Waals surface area contributed by atoms with Gasteiger partial charge in [-0.1, -0.05) is 26.2 Å². The van der Waals surface area contributed by atoms with E-state index in [0.717, 1.165) is 37.9 Å². The van der Waals surface area contributed by atoms with Crippen LogP contribution in [0.5, 0.6) is 0 Å². The minimum Gasteiger partial charge on any atom is -0.339 e. The summed E-state index contributed by atoms with van der Waals surface area (Å²) in [6, 6.07) is 0.479. The molecule has 0 bridgehead atoms. The molecular formula is C15H28N4O. The molecule has 1 saturated carbocycles. The van der Waals surface area contributed by atoms with E-state index in [1.54, 1.807) is 0 Å². The van der Waals surface area contributed by atoms with Crippen molar-refractivity contribution in [2.75, 3.05) is 24.5 Å². The van der Waals surface area contributed by atoms with Gasteiger partial charge in [-0.05, 0) is 38.4 Å². The van der Waals surface area contributed by atoms with Crippen LogP contribution in [-0.2, 0) is 0 Å². The van der Waals surface area contributed by atoms with Crippen LogP contribution in [0.3, 0.4) is 0 Å². The average molecular weight is 280 g/mol. The average Bonchev–Trinajstić information content (AvgIpc) is 2.81. The molecule has 0 amide bonds. The summed E-state index contributed by atoms with van der Waals surface area (Å²) in [5.41, 5.74) is 0. The Morgan fingerprint density at radius 1 is 1.15 bits per heavy atom. The monoisotopic (exact) mass is 280 g/mol. The number of aromatic nitrogens is 2. The molecule has 114 valence electrons. The van der Waals surface area contributed by atoms with Crippen molar-refractivity contribution in [2.24, 2.45) is 0 Å². The first-order chi connectivity index (χ1) is 9.80. The van der Waals surface area contributed by atoms with Gasteiger partial charge in [-0.15, -0.1) is 0 Å². The van der Waals surface area contributed by atoms with Crippen molar-refractivity contribution in [1.29, 1.82) is 0 Å². The summed E-state index contributed by atoms with van der Waals surface area (Å²) >= 11 is 0. The van der Waals surface area contributed by atoms with Crippen molar-refractivity contribution in [2.45, 2.75) is 64.8 Å². The summed E-state index contributed by atoms with van der Waals surface area (Å²) in [5.74, 6) is 1.93. The number of anilines is 1. The lowest BCUT2D eigenvalue weighted by Crippen LogP contribution is -2.34. The van der Waals surface area contributed by atoms with Crippen molar-refractivity contribution in [3.05, 3.63) is 5.89 Å². The Morgan fingerprint density at radius 2 is 1.90 bits per heavy atom. The summed E-state index contributed by atoms with van der Waals surface area (Å²) in [4.78, 5) is 6.79. The fraction of sp³-hybridized carbons (Fsp3) is 0.867. The first kappa shape index (κ1) is 15.3. The molecule has 5 heteroatoms. The molecule has 2 atom stereocenters. The molecule has 1 aliphatic carbocycles. The molecule has 0 radical (unpaired) electrons. The smallest absolute Gasteiger partial charge is 0.266 e. The number of hydrogen-bond acceptors (Lipinski definition) is 5. The molecule has 1 N–H and O–H groups in total. The van der Waals surface area contributed by atoms with Gasteiger partial charge in [0.05, 0.1) is 5.92 Å². The van der Waals surface area contributed by atoms with Crippen molar-refractivity contribution in [3.8, 4) is 0 Å². The van der Waals surface area contributed by atoms with E-state index in [2.05, 4.69) is 41.1 Å². The van der Waals surface area contributed by atoms with Gasteiger partial charge >= 0.3 is 0 Å². The Labute approximate surface area is 122 Å². The SMILES string of the molecule is CCNC1CCCCCC1c1nc(N(CC)CC)no1. The predicted octanol–water partition coefficient (Wildman–Crippen LogP) is 2.94. The lowest BCUT2D eigenvalue weighted by molar-refractivity contribution is 0.305. The third kappa shape index (κ3) is 3.51. The van der Waals surface area contributed by atoms with Crippen molar-refractivity contribution in [1.82, 2.24) is 15.5 Å². The minimum atomic E-state index is 0.370. The molecule has 0 saturated heterocycles. The number of nitrogens with zero attached hydrogens (tertiary/aromatic N) is 3. The van der Waals surface area contributed by atoms with Gasteiger partial charge in [0.25, 0.3) is 5.95 Å². The van der Waals surface area contributed by atoms with Gasteiger partial charge in [0, 0.05) is 19.1 Å². The second-order valence-corrected chi connectivity index (χ2v) is 5.51. The van der Waals surface area contributed by atoms with Crippen LogP contribution < -0.4 is 10.2 Å². The van der Waals surface area contributed by atoms with Crippen molar-refractivity contribution >= 4 is 5.95 Å². The molecule has 2 rings (SSSR count). The molecule has 20 heavy (non-hydrogen) atoms. The number of hydrogen-bond donors (Lipinski definition) is 1. The summed E-state index contributed by atoms with van der Waals surface area (Å²) in [6.45, 7) is 9.22. The summed E-state index contributed by atoms with van der Waals surface area (Å²) in [6.07, 6.45) is 6.23. The Morgan fingerprint density at radius 3 is 2.60 bits per heavy atom. The molecule has 0 aliphatic heterocycles. The zero-order valence-corrected chi connectivity index (χ0v) is 13.1. The highest BCUT2D eigenvalue weighted by molar-refractivity contribution is 5.27. The largest absolute Gasteiger partial charge is 0.339 e. The van der Waals surface area contributed by atoms with E-state index < -0.39 is 0 Å². The Bertz CT molecular complexity index is 389. The molecule has 1 fully saturated rings. The first-order valence-corrected chi connectivity index (χ1v) is 8.12. The topological polar surface area (TPSA) is 54.2 Å². The van der Waals surface area contributed by atoms with Crippen LogP contribution in [0.2, 0.25) is 0 Å². The summed E-state index contributed by atoms with van der Waals surface area (Å²) in [7, 11) is 0. The molecule has 1 aromatic rings. The Balaban J connectivity index is 2.14.